The van der Waals surface area contributed by atoms with Crippen molar-refractivity contribution in [3.05, 3.63) is 54.0 Å². The zero-order valence-electron chi connectivity index (χ0n) is 12.0. The van der Waals surface area contributed by atoms with Crippen LogP contribution < -0.4 is 5.73 Å². The Morgan fingerprint density at radius 3 is 2.91 bits per heavy atom. The molecule has 0 saturated carbocycles. The number of nitrogens with one attached hydrogen (secondary N) is 1. The van der Waals surface area contributed by atoms with Gasteiger partial charge < -0.3 is 10.7 Å². The van der Waals surface area contributed by atoms with Crippen molar-refractivity contribution in [2.75, 3.05) is 5.73 Å². The van der Waals surface area contributed by atoms with E-state index in [9.17, 15) is 4.79 Å². The molecule has 0 aliphatic carbocycles. The second-order valence-corrected chi connectivity index (χ2v) is 5.32. The molecule has 4 aromatic rings. The second-order valence-electron chi connectivity index (χ2n) is 5.32. The number of imidazole rings is 1. The zero-order valence-corrected chi connectivity index (χ0v) is 12.0. The number of aryl methyl sites for hydroxylation is 1. The van der Waals surface area contributed by atoms with Crippen LogP contribution in [0.2, 0.25) is 0 Å². The first kappa shape index (κ1) is 12.6. The van der Waals surface area contributed by atoms with Crippen molar-refractivity contribution in [3.8, 4) is 11.1 Å². The molecule has 0 aliphatic heterocycles. The van der Waals surface area contributed by atoms with E-state index in [-0.39, 0.29) is 5.82 Å². The van der Waals surface area contributed by atoms with Gasteiger partial charge in [-0.15, -0.1) is 0 Å². The lowest BCUT2D eigenvalue weighted by molar-refractivity contribution is 0.111. The van der Waals surface area contributed by atoms with Crippen molar-refractivity contribution in [2.45, 2.75) is 6.92 Å². The molecule has 0 atom stereocenters. The summed E-state index contributed by atoms with van der Waals surface area (Å²) >= 11 is 0. The molecule has 0 amide bonds. The number of anilines is 1. The van der Waals surface area contributed by atoms with Crippen molar-refractivity contribution in [3.63, 3.8) is 0 Å². The van der Waals surface area contributed by atoms with Crippen LogP contribution in [0.15, 0.2) is 42.7 Å². The Morgan fingerprint density at radius 2 is 2.09 bits per heavy atom. The van der Waals surface area contributed by atoms with Gasteiger partial charge in [0.05, 0.1) is 0 Å². The number of hydrogen-bond donors (Lipinski definition) is 2. The van der Waals surface area contributed by atoms with Gasteiger partial charge in [-0.25, -0.2) is 4.98 Å². The third kappa shape index (κ3) is 1.65. The van der Waals surface area contributed by atoms with Gasteiger partial charge in [0.25, 0.3) is 0 Å². The molecular formula is C17H14N4O. The maximum Gasteiger partial charge on any atom is 0.170 e. The number of aldehydes is 1. The van der Waals surface area contributed by atoms with Crippen molar-refractivity contribution in [1.82, 2.24) is 14.4 Å². The highest BCUT2D eigenvalue weighted by Gasteiger charge is 2.11. The summed E-state index contributed by atoms with van der Waals surface area (Å²) in [7, 11) is 0. The highest BCUT2D eigenvalue weighted by molar-refractivity contribution is 5.90. The molecule has 3 heterocycles. The fraction of sp³-hybridized carbons (Fsp3) is 0.0588. The minimum atomic E-state index is 0.255. The van der Waals surface area contributed by atoms with E-state index >= 15 is 0 Å². The van der Waals surface area contributed by atoms with Crippen molar-refractivity contribution >= 4 is 28.7 Å². The van der Waals surface area contributed by atoms with Gasteiger partial charge in [0.2, 0.25) is 0 Å². The van der Waals surface area contributed by atoms with Gasteiger partial charge in [0.1, 0.15) is 11.3 Å². The number of H-pyrrole nitrogens is 1. The van der Waals surface area contributed by atoms with Gasteiger partial charge in [0.15, 0.2) is 12.1 Å². The number of fused-ring (bicyclic) bond motifs is 2. The fourth-order valence-electron chi connectivity index (χ4n) is 2.95. The molecule has 0 fully saturated rings. The minimum Gasteiger partial charge on any atom is -0.382 e. The van der Waals surface area contributed by atoms with Crippen LogP contribution >= 0.6 is 0 Å². The molecule has 1 aromatic carbocycles. The molecule has 108 valence electrons. The van der Waals surface area contributed by atoms with E-state index in [2.05, 4.69) is 35.1 Å². The summed E-state index contributed by atoms with van der Waals surface area (Å²) in [5, 5.41) is 1.19. The molecule has 0 unspecified atom stereocenters. The Hall–Kier alpha value is -3.08. The van der Waals surface area contributed by atoms with E-state index in [1.54, 1.807) is 4.40 Å². The second kappa shape index (κ2) is 4.46. The Balaban J connectivity index is 1.99. The number of aromatic amines is 1. The Bertz CT molecular complexity index is 1030. The number of aromatic nitrogens is 3. The number of nitrogens with two attached hydrogens (primary N) is 1. The average Bonchev–Trinajstić information content (AvgIpc) is 3.10. The van der Waals surface area contributed by atoms with E-state index in [1.807, 2.05) is 24.5 Å². The Labute approximate surface area is 126 Å². The van der Waals surface area contributed by atoms with Crippen LogP contribution in [0, 0.1) is 6.92 Å². The van der Waals surface area contributed by atoms with Crippen molar-refractivity contribution in [2.24, 2.45) is 0 Å². The predicted molar refractivity (Wildman–Crippen MR) is 87.0 cm³/mol. The molecule has 0 spiro atoms. The molecule has 5 heteroatoms. The number of nitrogen functional groups attached to an aromatic ring is 1. The topological polar surface area (TPSA) is 76.2 Å². The van der Waals surface area contributed by atoms with E-state index in [4.69, 9.17) is 5.73 Å². The number of rotatable bonds is 2. The molecule has 0 aliphatic rings. The minimum absolute atomic E-state index is 0.255. The molecule has 3 aromatic heterocycles. The van der Waals surface area contributed by atoms with Gasteiger partial charge in [0, 0.05) is 23.3 Å². The third-order valence-electron chi connectivity index (χ3n) is 4.11. The third-order valence-corrected chi connectivity index (χ3v) is 4.11. The molecular weight excluding hydrogens is 276 g/mol. The summed E-state index contributed by atoms with van der Waals surface area (Å²) in [6.07, 6.45) is 4.58. The molecule has 5 nitrogen and oxygen atoms in total. The first-order valence-electron chi connectivity index (χ1n) is 6.99. The molecule has 0 bridgehead atoms. The summed E-state index contributed by atoms with van der Waals surface area (Å²) in [6, 6.07) is 10.1. The highest BCUT2D eigenvalue weighted by Crippen LogP contribution is 2.30. The SMILES string of the molecule is Cc1c(-c2ccc3nc(N)c(C=O)n3c2)ccc2[nH]ccc12. The summed E-state index contributed by atoms with van der Waals surface area (Å²) in [6.45, 7) is 2.10. The first-order chi connectivity index (χ1) is 10.7. The van der Waals surface area contributed by atoms with Gasteiger partial charge >= 0.3 is 0 Å². The standard InChI is InChI=1S/C17H14N4O/c1-10-12(3-4-14-13(10)6-7-19-14)11-2-5-16-20-17(18)15(9-22)21(16)8-11/h2-9,19H,18H2,1H3. The molecule has 4 rings (SSSR count). The normalized spacial score (nSPS) is 11.3. The monoisotopic (exact) mass is 290 g/mol. The predicted octanol–water partition coefficient (Wildman–Crippen LogP) is 3.19. The number of pyridine rings is 1. The maximum absolute atomic E-state index is 11.2. The smallest absolute Gasteiger partial charge is 0.170 e. The molecule has 3 N–H and O–H groups in total. The summed E-state index contributed by atoms with van der Waals surface area (Å²) in [5.41, 5.74) is 11.3. The number of nitrogens with zero attached hydrogens (tertiary/aromatic N) is 2. The largest absolute Gasteiger partial charge is 0.382 e. The highest BCUT2D eigenvalue weighted by atomic mass is 16.1. The fourth-order valence-corrected chi connectivity index (χ4v) is 2.95. The average molecular weight is 290 g/mol. The summed E-state index contributed by atoms with van der Waals surface area (Å²) < 4.78 is 1.73. The van der Waals surface area contributed by atoms with E-state index in [1.165, 1.54) is 10.9 Å². The maximum atomic E-state index is 11.2. The van der Waals surface area contributed by atoms with Crippen LogP contribution in [-0.4, -0.2) is 20.7 Å². The molecule has 0 saturated heterocycles. The molecule has 0 radical (unpaired) electrons. The van der Waals surface area contributed by atoms with Crippen LogP contribution in [0.5, 0.6) is 0 Å². The van der Waals surface area contributed by atoms with Gasteiger partial charge in [-0.1, -0.05) is 6.07 Å². The lowest BCUT2D eigenvalue weighted by atomic mass is 9.99. The number of hydrogen-bond acceptors (Lipinski definition) is 3. The number of carbonyl (C=O) groups is 1. The van der Waals surface area contributed by atoms with Crippen molar-refractivity contribution < 1.29 is 4.79 Å². The Morgan fingerprint density at radius 1 is 1.23 bits per heavy atom. The van der Waals surface area contributed by atoms with Crippen LogP contribution in [0.25, 0.3) is 27.7 Å². The van der Waals surface area contributed by atoms with Gasteiger partial charge in [-0.2, -0.15) is 0 Å². The lowest BCUT2D eigenvalue weighted by Crippen LogP contribution is -1.95. The van der Waals surface area contributed by atoms with Gasteiger partial charge in [-0.3, -0.25) is 9.20 Å². The quantitative estimate of drug-likeness (QED) is 0.557. The Kier molecular flexibility index (Phi) is 2.56. The van der Waals surface area contributed by atoms with Crippen LogP contribution in [-0.2, 0) is 0 Å². The molecule has 22 heavy (non-hydrogen) atoms. The summed E-state index contributed by atoms with van der Waals surface area (Å²) in [5.74, 6) is 0.255. The van der Waals surface area contributed by atoms with E-state index in [0.29, 0.717) is 11.3 Å². The number of carbonyl (C=O) groups excluding carboxylic acids is 1. The lowest BCUT2D eigenvalue weighted by Gasteiger charge is -2.08. The van der Waals surface area contributed by atoms with Crippen molar-refractivity contribution in [1.29, 1.82) is 0 Å². The first-order valence-corrected chi connectivity index (χ1v) is 6.99. The van der Waals surface area contributed by atoms with Crippen LogP contribution in [0.1, 0.15) is 16.1 Å². The van der Waals surface area contributed by atoms with E-state index < -0.39 is 0 Å². The zero-order chi connectivity index (χ0) is 15.3. The van der Waals surface area contributed by atoms with E-state index in [0.717, 1.165) is 22.9 Å². The number of benzene rings is 1. The summed E-state index contributed by atoms with van der Waals surface area (Å²) in [4.78, 5) is 18.6. The van der Waals surface area contributed by atoms with Crippen LogP contribution in [0.3, 0.4) is 0 Å². The van der Waals surface area contributed by atoms with Gasteiger partial charge in [-0.05, 0) is 47.9 Å². The van der Waals surface area contributed by atoms with Crippen LogP contribution in [0.4, 0.5) is 5.82 Å².